The summed E-state index contributed by atoms with van der Waals surface area (Å²) >= 11 is 0. The predicted molar refractivity (Wildman–Crippen MR) is 129 cm³/mol. The predicted octanol–water partition coefficient (Wildman–Crippen LogP) is 3.57. The Kier molecular flexibility index (Phi) is 11.4. The fourth-order valence-electron chi connectivity index (χ4n) is 3.85. The van der Waals surface area contributed by atoms with Crippen molar-refractivity contribution in [2.24, 2.45) is 10.4 Å². The van der Waals surface area contributed by atoms with Crippen LogP contribution in [0.3, 0.4) is 0 Å². The molecule has 2 N–H and O–H groups in total. The molecule has 2 rings (SSSR count). The molecule has 28 heavy (non-hydrogen) atoms. The van der Waals surface area contributed by atoms with Crippen LogP contribution < -0.4 is 10.6 Å². The van der Waals surface area contributed by atoms with Crippen molar-refractivity contribution in [2.45, 2.75) is 46.1 Å². The van der Waals surface area contributed by atoms with Gasteiger partial charge in [-0.25, -0.2) is 0 Å². The molecule has 1 saturated heterocycles. The number of nitrogens with one attached hydrogen (secondary N) is 2. The fourth-order valence-corrected chi connectivity index (χ4v) is 3.85. The summed E-state index contributed by atoms with van der Waals surface area (Å²) in [5, 5.41) is 6.94. The van der Waals surface area contributed by atoms with Gasteiger partial charge >= 0.3 is 0 Å². The molecular formula is C21H40IN5O. The average Bonchev–Trinajstić information content (AvgIpc) is 3.14. The van der Waals surface area contributed by atoms with Gasteiger partial charge in [0.05, 0.1) is 12.3 Å². The van der Waals surface area contributed by atoms with Crippen molar-refractivity contribution in [1.82, 2.24) is 20.4 Å². The van der Waals surface area contributed by atoms with Crippen molar-refractivity contribution in [3.8, 4) is 0 Å². The molecule has 2 heterocycles. The van der Waals surface area contributed by atoms with Crippen molar-refractivity contribution in [1.29, 1.82) is 0 Å². The molecule has 1 aliphatic rings. The molecular weight excluding hydrogens is 465 g/mol. The molecule has 6 nitrogen and oxygen atoms in total. The van der Waals surface area contributed by atoms with Crippen LogP contribution in [0.5, 0.6) is 0 Å². The zero-order valence-corrected chi connectivity index (χ0v) is 20.7. The van der Waals surface area contributed by atoms with Gasteiger partial charge in [0.2, 0.25) is 0 Å². The number of rotatable bonds is 9. The van der Waals surface area contributed by atoms with Gasteiger partial charge in [0.25, 0.3) is 0 Å². The first-order valence-electron chi connectivity index (χ1n) is 10.4. The molecule has 0 aromatic carbocycles. The third-order valence-electron chi connectivity index (χ3n) is 4.92. The van der Waals surface area contributed by atoms with Crippen molar-refractivity contribution in [3.05, 3.63) is 24.2 Å². The summed E-state index contributed by atoms with van der Waals surface area (Å²) in [5.74, 6) is 1.92. The first-order chi connectivity index (χ1) is 12.9. The highest BCUT2D eigenvalue weighted by atomic mass is 127. The molecule has 162 valence electrons. The number of aliphatic imine (C=N–C) groups is 1. The lowest BCUT2D eigenvalue weighted by molar-refractivity contribution is 0.146. The van der Waals surface area contributed by atoms with E-state index >= 15 is 0 Å². The number of guanidine groups is 1. The van der Waals surface area contributed by atoms with Gasteiger partial charge in [-0.15, -0.1) is 24.0 Å². The largest absolute Gasteiger partial charge is 0.468 e. The first-order valence-corrected chi connectivity index (χ1v) is 10.4. The normalized spacial score (nSPS) is 17.3. The molecule has 7 heteroatoms. The SMILES string of the molecule is CCNC(=NCC(C)(C)CN(C)C)NCC(c1ccco1)N1CCCCC1.I. The van der Waals surface area contributed by atoms with E-state index in [1.807, 2.05) is 6.07 Å². The third-order valence-corrected chi connectivity index (χ3v) is 4.92. The molecule has 1 aromatic heterocycles. The molecule has 0 bridgehead atoms. The van der Waals surface area contributed by atoms with Gasteiger partial charge in [-0.1, -0.05) is 20.3 Å². The quantitative estimate of drug-likeness (QED) is 0.306. The molecule has 1 aliphatic heterocycles. The van der Waals surface area contributed by atoms with Crippen LogP contribution in [0.4, 0.5) is 0 Å². The summed E-state index contributed by atoms with van der Waals surface area (Å²) in [5.41, 5.74) is 0.138. The van der Waals surface area contributed by atoms with E-state index in [1.54, 1.807) is 6.26 Å². The topological polar surface area (TPSA) is 56.0 Å². The maximum atomic E-state index is 5.75. The second-order valence-electron chi connectivity index (χ2n) is 8.61. The average molecular weight is 505 g/mol. The summed E-state index contributed by atoms with van der Waals surface area (Å²) < 4.78 is 5.75. The van der Waals surface area contributed by atoms with Gasteiger partial charge in [0.15, 0.2) is 5.96 Å². The van der Waals surface area contributed by atoms with E-state index in [1.165, 1.54) is 19.3 Å². The maximum Gasteiger partial charge on any atom is 0.191 e. The van der Waals surface area contributed by atoms with E-state index in [4.69, 9.17) is 9.41 Å². The fraction of sp³-hybridized carbons (Fsp3) is 0.762. The number of nitrogens with zero attached hydrogens (tertiary/aromatic N) is 3. The molecule has 0 saturated carbocycles. The minimum atomic E-state index is 0. The molecule has 0 amide bonds. The summed E-state index contributed by atoms with van der Waals surface area (Å²) in [4.78, 5) is 9.61. The molecule has 1 atom stereocenters. The van der Waals surface area contributed by atoms with Gasteiger partial charge in [-0.3, -0.25) is 9.89 Å². The lowest BCUT2D eigenvalue weighted by Crippen LogP contribution is -2.45. The summed E-state index contributed by atoms with van der Waals surface area (Å²) in [6.07, 6.45) is 5.64. The first kappa shape index (κ1) is 25.2. The van der Waals surface area contributed by atoms with Crippen LogP contribution in [-0.2, 0) is 0 Å². The van der Waals surface area contributed by atoms with Crippen LogP contribution in [0, 0.1) is 5.41 Å². The van der Waals surface area contributed by atoms with Gasteiger partial charge in [0, 0.05) is 26.2 Å². The molecule has 0 radical (unpaired) electrons. The minimum absolute atomic E-state index is 0. The Morgan fingerprint density at radius 2 is 1.96 bits per heavy atom. The van der Waals surface area contributed by atoms with E-state index in [-0.39, 0.29) is 35.4 Å². The van der Waals surface area contributed by atoms with Gasteiger partial charge < -0.3 is 20.0 Å². The number of hydrogen-bond acceptors (Lipinski definition) is 4. The second kappa shape index (κ2) is 12.7. The van der Waals surface area contributed by atoms with Crippen LogP contribution in [0.15, 0.2) is 27.8 Å². The Balaban J connectivity index is 0.00000392. The van der Waals surface area contributed by atoms with Gasteiger partial charge in [-0.05, 0) is 64.5 Å². The highest BCUT2D eigenvalue weighted by Gasteiger charge is 2.25. The number of furan rings is 1. The molecule has 1 fully saturated rings. The number of likely N-dealkylation sites (tertiary alicyclic amines) is 1. The Bertz CT molecular complexity index is 553. The second-order valence-corrected chi connectivity index (χ2v) is 8.61. The zero-order chi connectivity index (χ0) is 19.7. The van der Waals surface area contributed by atoms with Crippen molar-refractivity contribution in [3.63, 3.8) is 0 Å². The van der Waals surface area contributed by atoms with Gasteiger partial charge in [0.1, 0.15) is 5.76 Å². The monoisotopic (exact) mass is 505 g/mol. The van der Waals surface area contributed by atoms with E-state index in [0.29, 0.717) is 0 Å². The van der Waals surface area contributed by atoms with Gasteiger partial charge in [-0.2, -0.15) is 0 Å². The third kappa shape index (κ3) is 8.69. The summed E-state index contributed by atoms with van der Waals surface area (Å²) in [6, 6.07) is 4.32. The number of halogens is 1. The van der Waals surface area contributed by atoms with Crippen LogP contribution in [0.2, 0.25) is 0 Å². The van der Waals surface area contributed by atoms with Crippen molar-refractivity contribution >= 4 is 29.9 Å². The summed E-state index contributed by atoms with van der Waals surface area (Å²) in [7, 11) is 4.23. The van der Waals surface area contributed by atoms with E-state index in [9.17, 15) is 0 Å². The standard InChI is InChI=1S/C21H39N5O.HI/c1-6-22-20(24-16-21(2,3)17-25(4)5)23-15-18(19-11-10-14-27-19)26-12-8-7-9-13-26;/h10-11,14,18H,6-9,12-13,15-17H2,1-5H3,(H2,22,23,24);1H. The van der Waals surface area contributed by atoms with Crippen LogP contribution in [-0.4, -0.2) is 69.1 Å². The van der Waals surface area contributed by atoms with E-state index < -0.39 is 0 Å². The Morgan fingerprint density at radius 3 is 2.54 bits per heavy atom. The van der Waals surface area contributed by atoms with Crippen LogP contribution in [0.25, 0.3) is 0 Å². The number of piperidine rings is 1. The Morgan fingerprint density at radius 1 is 1.25 bits per heavy atom. The molecule has 0 spiro atoms. The van der Waals surface area contributed by atoms with Crippen molar-refractivity contribution in [2.75, 3.05) is 53.4 Å². The highest BCUT2D eigenvalue weighted by molar-refractivity contribution is 14.0. The lowest BCUT2D eigenvalue weighted by atomic mass is 9.93. The lowest BCUT2D eigenvalue weighted by Gasteiger charge is -2.34. The zero-order valence-electron chi connectivity index (χ0n) is 18.3. The van der Waals surface area contributed by atoms with Crippen LogP contribution in [0.1, 0.15) is 51.8 Å². The Labute approximate surface area is 188 Å². The van der Waals surface area contributed by atoms with E-state index in [2.05, 4.69) is 61.4 Å². The van der Waals surface area contributed by atoms with Crippen LogP contribution >= 0.6 is 24.0 Å². The smallest absolute Gasteiger partial charge is 0.191 e. The Hall–Kier alpha value is -0.800. The number of hydrogen-bond donors (Lipinski definition) is 2. The molecule has 1 aromatic rings. The molecule has 1 unspecified atom stereocenters. The highest BCUT2D eigenvalue weighted by Crippen LogP contribution is 2.24. The summed E-state index contributed by atoms with van der Waals surface area (Å²) in [6.45, 7) is 12.4. The van der Waals surface area contributed by atoms with E-state index in [0.717, 1.165) is 51.0 Å². The maximum absolute atomic E-state index is 5.75. The molecule has 0 aliphatic carbocycles. The van der Waals surface area contributed by atoms with Crippen molar-refractivity contribution < 1.29 is 4.42 Å². The minimum Gasteiger partial charge on any atom is -0.468 e.